The number of hydrogen-bond acceptors (Lipinski definition) is 4. The minimum absolute atomic E-state index is 0.0602. The molecule has 0 unspecified atom stereocenters. The first-order valence-electron chi connectivity index (χ1n) is 2.95. The Morgan fingerprint density at radius 2 is 2.45 bits per heavy atom. The van der Waals surface area contributed by atoms with Gasteiger partial charge in [0.1, 0.15) is 0 Å². The van der Waals surface area contributed by atoms with Crippen LogP contribution >= 0.6 is 0 Å². The smallest absolute Gasteiger partial charge is 0.362 e. The Bertz CT molecular complexity index is 279. The normalized spacial score (nSPS) is 9.64. The lowest BCUT2D eigenvalue weighted by atomic mass is 10.5. The first-order valence-corrected chi connectivity index (χ1v) is 2.95. The zero-order chi connectivity index (χ0) is 8.43. The van der Waals surface area contributed by atoms with E-state index in [1.165, 1.54) is 18.0 Å². The molecule has 0 aliphatic carbocycles. The van der Waals surface area contributed by atoms with Crippen molar-refractivity contribution >= 4 is 5.97 Å². The molecular formula is C6H8N2O3. The van der Waals surface area contributed by atoms with Gasteiger partial charge in [0.05, 0.1) is 13.4 Å². The second-order valence-corrected chi connectivity index (χ2v) is 2.02. The van der Waals surface area contributed by atoms with Crippen molar-refractivity contribution in [2.75, 3.05) is 7.11 Å². The molecule has 0 saturated carbocycles. The van der Waals surface area contributed by atoms with Gasteiger partial charge in [-0.25, -0.2) is 9.78 Å². The zero-order valence-electron chi connectivity index (χ0n) is 6.24. The van der Waals surface area contributed by atoms with Crippen LogP contribution in [0.1, 0.15) is 10.5 Å². The van der Waals surface area contributed by atoms with E-state index in [2.05, 4.69) is 9.72 Å². The van der Waals surface area contributed by atoms with Crippen molar-refractivity contribution in [1.29, 1.82) is 0 Å². The van der Waals surface area contributed by atoms with Crippen LogP contribution in [0.15, 0.2) is 6.33 Å². The SMILES string of the molecule is COC(=O)c1ncn(C)c1O. The van der Waals surface area contributed by atoms with Crippen molar-refractivity contribution in [2.24, 2.45) is 7.05 Å². The van der Waals surface area contributed by atoms with Gasteiger partial charge in [0.15, 0.2) is 0 Å². The number of aryl methyl sites for hydroxylation is 1. The van der Waals surface area contributed by atoms with Crippen molar-refractivity contribution in [2.45, 2.75) is 0 Å². The van der Waals surface area contributed by atoms with Gasteiger partial charge in [-0.05, 0) is 0 Å². The molecule has 0 aromatic carbocycles. The van der Waals surface area contributed by atoms with Crippen molar-refractivity contribution in [3.05, 3.63) is 12.0 Å². The second kappa shape index (κ2) is 2.61. The lowest BCUT2D eigenvalue weighted by Crippen LogP contribution is -2.01. The Morgan fingerprint density at radius 1 is 1.82 bits per heavy atom. The summed E-state index contributed by atoms with van der Waals surface area (Å²) in [5.74, 6) is -0.819. The van der Waals surface area contributed by atoms with E-state index in [0.29, 0.717) is 0 Å². The quantitative estimate of drug-likeness (QED) is 0.577. The van der Waals surface area contributed by atoms with E-state index in [-0.39, 0.29) is 11.6 Å². The van der Waals surface area contributed by atoms with Gasteiger partial charge in [-0.15, -0.1) is 0 Å². The highest BCUT2D eigenvalue weighted by Crippen LogP contribution is 2.13. The lowest BCUT2D eigenvalue weighted by molar-refractivity contribution is 0.0590. The zero-order valence-corrected chi connectivity index (χ0v) is 6.24. The minimum Gasteiger partial charge on any atom is -0.493 e. The van der Waals surface area contributed by atoms with Gasteiger partial charge in [0.25, 0.3) is 0 Å². The maximum absolute atomic E-state index is 10.8. The maximum Gasteiger partial charge on any atom is 0.362 e. The summed E-state index contributed by atoms with van der Waals surface area (Å²) >= 11 is 0. The van der Waals surface area contributed by atoms with E-state index < -0.39 is 5.97 Å². The largest absolute Gasteiger partial charge is 0.493 e. The van der Waals surface area contributed by atoms with Gasteiger partial charge in [0.2, 0.25) is 11.6 Å². The third kappa shape index (κ3) is 1.17. The molecule has 1 heterocycles. The first-order chi connectivity index (χ1) is 5.16. The highest BCUT2D eigenvalue weighted by molar-refractivity contribution is 5.89. The first kappa shape index (κ1) is 7.59. The Kier molecular flexibility index (Phi) is 1.80. The van der Waals surface area contributed by atoms with Crippen LogP contribution in [-0.2, 0) is 11.8 Å². The van der Waals surface area contributed by atoms with E-state index in [4.69, 9.17) is 5.11 Å². The fraction of sp³-hybridized carbons (Fsp3) is 0.333. The van der Waals surface area contributed by atoms with Crippen LogP contribution in [0.4, 0.5) is 0 Å². The lowest BCUT2D eigenvalue weighted by Gasteiger charge is -1.95. The fourth-order valence-electron chi connectivity index (χ4n) is 0.664. The minimum atomic E-state index is -0.636. The van der Waals surface area contributed by atoms with E-state index >= 15 is 0 Å². The number of carbonyl (C=O) groups excluding carboxylic acids is 1. The third-order valence-electron chi connectivity index (χ3n) is 1.28. The molecule has 1 N–H and O–H groups in total. The number of hydrogen-bond donors (Lipinski definition) is 1. The van der Waals surface area contributed by atoms with E-state index in [9.17, 15) is 4.79 Å². The van der Waals surface area contributed by atoms with Crippen LogP contribution in [-0.4, -0.2) is 27.7 Å². The molecule has 0 aliphatic rings. The molecule has 0 aliphatic heterocycles. The van der Waals surface area contributed by atoms with Crippen molar-refractivity contribution < 1.29 is 14.6 Å². The molecule has 11 heavy (non-hydrogen) atoms. The van der Waals surface area contributed by atoms with E-state index in [1.807, 2.05) is 0 Å². The molecule has 0 bridgehead atoms. The van der Waals surface area contributed by atoms with Crippen LogP contribution in [0, 0.1) is 0 Å². The fourth-order valence-corrected chi connectivity index (χ4v) is 0.664. The summed E-state index contributed by atoms with van der Waals surface area (Å²) in [5, 5.41) is 9.14. The van der Waals surface area contributed by atoms with Crippen LogP contribution in [0.2, 0.25) is 0 Å². The number of esters is 1. The standard InChI is InChI=1S/C6H8N2O3/c1-8-3-7-4(5(8)9)6(10)11-2/h3,9H,1-2H3. The molecule has 0 amide bonds. The van der Waals surface area contributed by atoms with E-state index in [0.717, 1.165) is 0 Å². The van der Waals surface area contributed by atoms with Gasteiger partial charge < -0.3 is 14.4 Å². The summed E-state index contributed by atoms with van der Waals surface area (Å²) in [5.41, 5.74) is -0.0602. The molecule has 0 fully saturated rings. The molecule has 0 spiro atoms. The molecular weight excluding hydrogens is 148 g/mol. The average molecular weight is 156 g/mol. The van der Waals surface area contributed by atoms with Gasteiger partial charge in [-0.2, -0.15) is 0 Å². The topological polar surface area (TPSA) is 64.3 Å². The number of methoxy groups -OCH3 is 1. The molecule has 1 aromatic rings. The second-order valence-electron chi connectivity index (χ2n) is 2.02. The summed E-state index contributed by atoms with van der Waals surface area (Å²) in [4.78, 5) is 14.4. The molecule has 5 heteroatoms. The summed E-state index contributed by atoms with van der Waals surface area (Å²) in [6, 6.07) is 0. The number of rotatable bonds is 1. The Morgan fingerprint density at radius 3 is 2.82 bits per heavy atom. The van der Waals surface area contributed by atoms with Crippen LogP contribution in [0.5, 0.6) is 5.88 Å². The predicted molar refractivity (Wildman–Crippen MR) is 36.2 cm³/mol. The highest BCUT2D eigenvalue weighted by atomic mass is 16.5. The molecule has 0 radical (unpaired) electrons. The molecule has 1 rings (SSSR count). The van der Waals surface area contributed by atoms with Crippen molar-refractivity contribution in [1.82, 2.24) is 9.55 Å². The number of imidazole rings is 1. The number of aromatic nitrogens is 2. The maximum atomic E-state index is 10.8. The van der Waals surface area contributed by atoms with Crippen molar-refractivity contribution in [3.63, 3.8) is 0 Å². The molecule has 0 saturated heterocycles. The van der Waals surface area contributed by atoms with Crippen LogP contribution < -0.4 is 0 Å². The average Bonchev–Trinajstić information content (AvgIpc) is 2.32. The molecule has 5 nitrogen and oxygen atoms in total. The van der Waals surface area contributed by atoms with Gasteiger partial charge in [-0.1, -0.05) is 0 Å². The van der Waals surface area contributed by atoms with E-state index in [1.54, 1.807) is 7.05 Å². The van der Waals surface area contributed by atoms with Gasteiger partial charge >= 0.3 is 5.97 Å². The Hall–Kier alpha value is -1.52. The van der Waals surface area contributed by atoms with Crippen LogP contribution in [0.3, 0.4) is 0 Å². The highest BCUT2D eigenvalue weighted by Gasteiger charge is 2.15. The summed E-state index contributed by atoms with van der Waals surface area (Å²) in [7, 11) is 2.81. The number of aromatic hydroxyl groups is 1. The molecule has 1 aromatic heterocycles. The van der Waals surface area contributed by atoms with Crippen molar-refractivity contribution in [3.8, 4) is 5.88 Å². The summed E-state index contributed by atoms with van der Waals surface area (Å²) in [6.07, 6.45) is 1.33. The number of carbonyl (C=O) groups is 1. The number of nitrogens with zero attached hydrogens (tertiary/aromatic N) is 2. The predicted octanol–water partition coefficient (Wildman–Crippen LogP) is -0.0877. The van der Waals surface area contributed by atoms with Gasteiger partial charge in [0, 0.05) is 7.05 Å². The third-order valence-corrected chi connectivity index (χ3v) is 1.28. The Labute approximate surface area is 63.2 Å². The molecule has 60 valence electrons. The Balaban J connectivity index is 3.04. The summed E-state index contributed by atoms with van der Waals surface area (Å²) < 4.78 is 5.68. The monoisotopic (exact) mass is 156 g/mol. The molecule has 0 atom stereocenters. The number of ether oxygens (including phenoxy) is 1. The van der Waals surface area contributed by atoms with Crippen LogP contribution in [0.25, 0.3) is 0 Å². The summed E-state index contributed by atoms with van der Waals surface area (Å²) in [6.45, 7) is 0. The van der Waals surface area contributed by atoms with Gasteiger partial charge in [-0.3, -0.25) is 0 Å².